The van der Waals surface area contributed by atoms with E-state index < -0.39 is 5.91 Å². The van der Waals surface area contributed by atoms with Crippen molar-refractivity contribution in [2.24, 2.45) is 11.1 Å². The summed E-state index contributed by atoms with van der Waals surface area (Å²) in [6, 6.07) is 2.04. The first-order valence-corrected chi connectivity index (χ1v) is 7.20. The molecule has 1 aliphatic carbocycles. The van der Waals surface area contributed by atoms with E-state index >= 15 is 0 Å². The number of rotatable bonds is 6. The number of amides is 1. The highest BCUT2D eigenvalue weighted by Gasteiger charge is 2.41. The molecule has 1 heterocycles. The Morgan fingerprint density at radius 3 is 2.74 bits per heavy atom. The molecule has 0 aromatic carbocycles. The molecule has 0 unspecified atom stereocenters. The Kier molecular flexibility index (Phi) is 3.67. The van der Waals surface area contributed by atoms with Gasteiger partial charge in [0, 0.05) is 6.54 Å². The third-order valence-electron chi connectivity index (χ3n) is 3.64. The Balaban J connectivity index is 2.15. The van der Waals surface area contributed by atoms with Crippen molar-refractivity contribution in [3.63, 3.8) is 0 Å². The first-order chi connectivity index (χ1) is 9.03. The van der Waals surface area contributed by atoms with Gasteiger partial charge in [-0.2, -0.15) is 5.26 Å². The summed E-state index contributed by atoms with van der Waals surface area (Å²) in [6.45, 7) is 3.00. The van der Waals surface area contributed by atoms with Gasteiger partial charge in [-0.3, -0.25) is 4.79 Å². The average molecular weight is 278 g/mol. The molecule has 102 valence electrons. The smallest absolute Gasteiger partial charge is 0.261 e. The third-order valence-corrected chi connectivity index (χ3v) is 4.82. The van der Waals surface area contributed by atoms with Crippen molar-refractivity contribution in [2.45, 2.75) is 32.6 Å². The number of nitrogen functional groups attached to an aromatic ring is 1. The second kappa shape index (κ2) is 5.10. The van der Waals surface area contributed by atoms with Crippen molar-refractivity contribution in [3.8, 4) is 6.07 Å². The highest BCUT2D eigenvalue weighted by Crippen LogP contribution is 2.50. The number of primary amides is 1. The van der Waals surface area contributed by atoms with Gasteiger partial charge in [-0.15, -0.1) is 11.3 Å². The van der Waals surface area contributed by atoms with Gasteiger partial charge in [0.05, 0.1) is 5.69 Å². The van der Waals surface area contributed by atoms with Crippen LogP contribution >= 0.6 is 11.3 Å². The average Bonchev–Trinajstić information content (AvgIpc) is 3.04. The minimum Gasteiger partial charge on any atom is -0.396 e. The lowest BCUT2D eigenvalue weighted by Gasteiger charge is -2.14. The molecule has 2 rings (SSSR count). The van der Waals surface area contributed by atoms with Crippen LogP contribution in [0.5, 0.6) is 0 Å². The fourth-order valence-corrected chi connectivity index (χ4v) is 3.27. The molecule has 6 heteroatoms. The molecule has 0 spiro atoms. The minimum atomic E-state index is -0.582. The quantitative estimate of drug-likeness (QED) is 0.742. The van der Waals surface area contributed by atoms with Crippen LogP contribution in [0.2, 0.25) is 0 Å². The predicted octanol–water partition coefficient (Wildman–Crippen LogP) is 2.29. The van der Waals surface area contributed by atoms with Crippen molar-refractivity contribution in [1.82, 2.24) is 0 Å². The summed E-state index contributed by atoms with van der Waals surface area (Å²) in [5.41, 5.74) is 11.9. The predicted molar refractivity (Wildman–Crippen MR) is 77.0 cm³/mol. The van der Waals surface area contributed by atoms with Crippen molar-refractivity contribution in [1.29, 1.82) is 5.26 Å². The summed E-state index contributed by atoms with van der Waals surface area (Å²) < 4.78 is 0. The van der Waals surface area contributed by atoms with Gasteiger partial charge in [0.15, 0.2) is 0 Å². The summed E-state index contributed by atoms with van der Waals surface area (Å²) in [5.74, 6) is -0.582. The molecule has 1 amide bonds. The number of thiophene rings is 1. The number of nitrogens with zero attached hydrogens (tertiary/aromatic N) is 1. The lowest BCUT2D eigenvalue weighted by atomic mass is 10.0. The molecule has 5 N–H and O–H groups in total. The Bertz CT molecular complexity index is 540. The van der Waals surface area contributed by atoms with Crippen molar-refractivity contribution in [2.75, 3.05) is 17.6 Å². The van der Waals surface area contributed by atoms with Crippen LogP contribution in [0.1, 0.15) is 47.8 Å². The van der Waals surface area contributed by atoms with Gasteiger partial charge >= 0.3 is 0 Å². The fourth-order valence-electron chi connectivity index (χ4n) is 2.35. The second-order valence-electron chi connectivity index (χ2n) is 5.13. The van der Waals surface area contributed by atoms with Gasteiger partial charge in [0.2, 0.25) is 0 Å². The lowest BCUT2D eigenvalue weighted by Crippen LogP contribution is -2.15. The summed E-state index contributed by atoms with van der Waals surface area (Å²) in [7, 11) is 0. The number of nitrogens with two attached hydrogens (primary N) is 2. The molecule has 0 saturated heterocycles. The number of hydrogen-bond acceptors (Lipinski definition) is 5. The Hall–Kier alpha value is -1.74. The Morgan fingerprint density at radius 2 is 2.26 bits per heavy atom. The van der Waals surface area contributed by atoms with Crippen LogP contribution in [0.3, 0.4) is 0 Å². The molecule has 1 aromatic heterocycles. The molecule has 1 fully saturated rings. The van der Waals surface area contributed by atoms with Gasteiger partial charge in [0.1, 0.15) is 21.5 Å². The van der Waals surface area contributed by atoms with Gasteiger partial charge in [-0.05, 0) is 24.7 Å². The van der Waals surface area contributed by atoms with Gasteiger partial charge in [-0.25, -0.2) is 0 Å². The molecule has 0 atom stereocenters. The maximum absolute atomic E-state index is 11.2. The SMILES string of the molecule is CCCC1(CNc2sc(C(N)=O)c(N)c2C#N)CC1. The van der Waals surface area contributed by atoms with E-state index in [1.807, 2.05) is 6.07 Å². The molecular formula is C13H18N4OS. The van der Waals surface area contributed by atoms with E-state index in [0.717, 1.165) is 13.0 Å². The maximum Gasteiger partial charge on any atom is 0.261 e. The molecule has 1 saturated carbocycles. The summed E-state index contributed by atoms with van der Waals surface area (Å²) in [5, 5.41) is 13.1. The van der Waals surface area contributed by atoms with E-state index in [9.17, 15) is 4.79 Å². The van der Waals surface area contributed by atoms with Crippen LogP contribution in [0, 0.1) is 16.7 Å². The molecule has 1 aliphatic rings. The standard InChI is InChI=1S/C13H18N4OS/c1-2-3-13(4-5-13)7-17-12-8(6-14)9(15)10(19-12)11(16)18/h17H,2-5,7,15H2,1H3,(H2,16,18). The van der Waals surface area contributed by atoms with E-state index in [4.69, 9.17) is 16.7 Å². The van der Waals surface area contributed by atoms with Gasteiger partial charge < -0.3 is 16.8 Å². The number of carbonyl (C=O) groups is 1. The molecule has 1 aromatic rings. The van der Waals surface area contributed by atoms with Crippen LogP contribution in [-0.4, -0.2) is 12.5 Å². The van der Waals surface area contributed by atoms with Crippen LogP contribution in [0.25, 0.3) is 0 Å². The first-order valence-electron chi connectivity index (χ1n) is 6.39. The van der Waals surface area contributed by atoms with Gasteiger partial charge in [0.25, 0.3) is 5.91 Å². The summed E-state index contributed by atoms with van der Waals surface area (Å²) in [6.07, 6.45) is 4.79. The number of nitriles is 1. The summed E-state index contributed by atoms with van der Waals surface area (Å²) >= 11 is 1.17. The maximum atomic E-state index is 11.2. The largest absolute Gasteiger partial charge is 0.396 e. The van der Waals surface area contributed by atoms with E-state index in [2.05, 4.69) is 12.2 Å². The Morgan fingerprint density at radius 1 is 1.58 bits per heavy atom. The van der Waals surface area contributed by atoms with Crippen LogP contribution in [-0.2, 0) is 0 Å². The highest BCUT2D eigenvalue weighted by molar-refractivity contribution is 7.18. The third kappa shape index (κ3) is 2.66. The zero-order valence-electron chi connectivity index (χ0n) is 11.0. The van der Waals surface area contributed by atoms with E-state index in [-0.39, 0.29) is 10.6 Å². The number of hydrogen-bond donors (Lipinski definition) is 3. The molecule has 0 bridgehead atoms. The normalized spacial score (nSPS) is 15.8. The van der Waals surface area contributed by atoms with E-state index in [0.29, 0.717) is 16.0 Å². The first kappa shape index (κ1) is 13.7. The molecular weight excluding hydrogens is 260 g/mol. The van der Waals surface area contributed by atoms with Crippen LogP contribution in [0.15, 0.2) is 0 Å². The zero-order chi connectivity index (χ0) is 14.0. The number of carbonyl (C=O) groups excluding carboxylic acids is 1. The minimum absolute atomic E-state index is 0.197. The number of nitrogens with one attached hydrogen (secondary N) is 1. The van der Waals surface area contributed by atoms with Gasteiger partial charge in [-0.1, -0.05) is 13.3 Å². The van der Waals surface area contributed by atoms with Crippen molar-refractivity contribution < 1.29 is 4.79 Å². The lowest BCUT2D eigenvalue weighted by molar-refractivity contribution is 0.100. The van der Waals surface area contributed by atoms with Crippen molar-refractivity contribution in [3.05, 3.63) is 10.4 Å². The van der Waals surface area contributed by atoms with Crippen molar-refractivity contribution >= 4 is 27.9 Å². The molecule has 5 nitrogen and oxygen atoms in total. The fraction of sp³-hybridized carbons (Fsp3) is 0.538. The summed E-state index contributed by atoms with van der Waals surface area (Å²) in [4.78, 5) is 11.5. The topological polar surface area (TPSA) is 105 Å². The monoisotopic (exact) mass is 278 g/mol. The second-order valence-corrected chi connectivity index (χ2v) is 6.15. The van der Waals surface area contributed by atoms with Crippen LogP contribution < -0.4 is 16.8 Å². The molecule has 19 heavy (non-hydrogen) atoms. The Labute approximate surface area is 116 Å². The van der Waals surface area contributed by atoms with Crippen LogP contribution in [0.4, 0.5) is 10.7 Å². The molecule has 0 aliphatic heterocycles. The highest BCUT2D eigenvalue weighted by atomic mass is 32.1. The van der Waals surface area contributed by atoms with E-state index in [1.54, 1.807) is 0 Å². The van der Waals surface area contributed by atoms with E-state index in [1.165, 1.54) is 30.6 Å². The zero-order valence-corrected chi connectivity index (χ0v) is 11.8. The molecule has 0 radical (unpaired) electrons. The number of anilines is 2.